The number of carbonyl (C=O) groups is 1. The Bertz CT molecular complexity index is 464. The van der Waals surface area contributed by atoms with Gasteiger partial charge in [-0.25, -0.2) is 4.39 Å². The van der Waals surface area contributed by atoms with Gasteiger partial charge in [-0.15, -0.1) is 0 Å². The van der Waals surface area contributed by atoms with Crippen LogP contribution in [0.25, 0.3) is 0 Å². The maximum absolute atomic E-state index is 13.0. The van der Waals surface area contributed by atoms with Crippen LogP contribution in [0.2, 0.25) is 0 Å². The lowest BCUT2D eigenvalue weighted by molar-refractivity contribution is -0.145. The van der Waals surface area contributed by atoms with Gasteiger partial charge in [0.05, 0.1) is 19.1 Å². The SMILES string of the molecule is COC(=O)C(C)CN(C)CC(O)c1ccc(F)cc1C. The van der Waals surface area contributed by atoms with E-state index in [1.807, 2.05) is 11.9 Å². The van der Waals surface area contributed by atoms with Crippen molar-refractivity contribution in [3.05, 3.63) is 35.1 Å². The fourth-order valence-corrected chi connectivity index (χ4v) is 2.22. The number of rotatable bonds is 6. The lowest BCUT2D eigenvalue weighted by Crippen LogP contribution is -2.32. The van der Waals surface area contributed by atoms with Crippen molar-refractivity contribution in [2.75, 3.05) is 27.2 Å². The summed E-state index contributed by atoms with van der Waals surface area (Å²) in [4.78, 5) is 13.2. The van der Waals surface area contributed by atoms with E-state index in [-0.39, 0.29) is 17.7 Å². The van der Waals surface area contributed by atoms with Crippen molar-refractivity contribution in [1.29, 1.82) is 0 Å². The van der Waals surface area contributed by atoms with Crippen molar-refractivity contribution in [2.24, 2.45) is 5.92 Å². The topological polar surface area (TPSA) is 49.8 Å². The molecule has 4 nitrogen and oxygen atoms in total. The summed E-state index contributed by atoms with van der Waals surface area (Å²) in [5.41, 5.74) is 1.41. The van der Waals surface area contributed by atoms with Gasteiger partial charge in [-0.2, -0.15) is 0 Å². The average Bonchev–Trinajstić information content (AvgIpc) is 2.37. The lowest BCUT2D eigenvalue weighted by Gasteiger charge is -2.23. The molecule has 20 heavy (non-hydrogen) atoms. The van der Waals surface area contributed by atoms with Crippen molar-refractivity contribution < 1.29 is 19.0 Å². The lowest BCUT2D eigenvalue weighted by atomic mass is 10.0. The summed E-state index contributed by atoms with van der Waals surface area (Å²) in [6.45, 7) is 4.40. The van der Waals surface area contributed by atoms with E-state index >= 15 is 0 Å². The molecule has 0 amide bonds. The Morgan fingerprint density at radius 3 is 2.65 bits per heavy atom. The fraction of sp³-hybridized carbons (Fsp3) is 0.533. The van der Waals surface area contributed by atoms with Crippen LogP contribution in [0.4, 0.5) is 4.39 Å². The zero-order valence-electron chi connectivity index (χ0n) is 12.4. The molecule has 0 saturated carbocycles. The number of halogens is 1. The number of aliphatic hydroxyl groups excluding tert-OH is 1. The Labute approximate surface area is 119 Å². The number of esters is 1. The van der Waals surface area contributed by atoms with E-state index in [4.69, 9.17) is 0 Å². The molecule has 0 aromatic heterocycles. The zero-order chi connectivity index (χ0) is 15.3. The molecule has 0 aliphatic carbocycles. The minimum absolute atomic E-state index is 0.258. The summed E-state index contributed by atoms with van der Waals surface area (Å²) in [5, 5.41) is 10.2. The maximum Gasteiger partial charge on any atom is 0.309 e. The van der Waals surface area contributed by atoms with E-state index in [1.165, 1.54) is 19.2 Å². The van der Waals surface area contributed by atoms with Crippen LogP contribution in [0.5, 0.6) is 0 Å². The van der Waals surface area contributed by atoms with E-state index in [2.05, 4.69) is 4.74 Å². The van der Waals surface area contributed by atoms with E-state index in [9.17, 15) is 14.3 Å². The third-order valence-corrected chi connectivity index (χ3v) is 3.26. The number of likely N-dealkylation sites (N-methyl/N-ethyl adjacent to an activating group) is 1. The van der Waals surface area contributed by atoms with Gasteiger partial charge in [-0.05, 0) is 37.2 Å². The molecule has 2 atom stereocenters. The normalized spacial score (nSPS) is 14.2. The molecule has 1 aromatic carbocycles. The molecule has 5 heteroatoms. The Balaban J connectivity index is 2.61. The number of benzene rings is 1. The first kappa shape index (κ1) is 16.6. The largest absolute Gasteiger partial charge is 0.469 e. The van der Waals surface area contributed by atoms with Crippen LogP contribution in [0.1, 0.15) is 24.2 Å². The quantitative estimate of drug-likeness (QED) is 0.810. The zero-order valence-corrected chi connectivity index (χ0v) is 12.4. The second-order valence-electron chi connectivity index (χ2n) is 5.16. The van der Waals surface area contributed by atoms with E-state index in [0.717, 1.165) is 0 Å². The van der Waals surface area contributed by atoms with Crippen molar-refractivity contribution in [1.82, 2.24) is 4.90 Å². The molecular weight excluding hydrogens is 261 g/mol. The minimum Gasteiger partial charge on any atom is -0.469 e. The monoisotopic (exact) mass is 283 g/mol. The Hall–Kier alpha value is -1.46. The molecule has 1 aromatic rings. The minimum atomic E-state index is -0.717. The van der Waals surface area contributed by atoms with Gasteiger partial charge in [0.2, 0.25) is 0 Å². The molecule has 0 radical (unpaired) electrons. The summed E-state index contributed by atoms with van der Waals surface area (Å²) in [6.07, 6.45) is -0.717. The number of hydrogen-bond donors (Lipinski definition) is 1. The second kappa shape index (κ2) is 7.36. The van der Waals surface area contributed by atoms with Gasteiger partial charge in [-0.1, -0.05) is 13.0 Å². The third kappa shape index (κ3) is 4.58. The molecule has 0 saturated heterocycles. The summed E-state index contributed by atoms with van der Waals surface area (Å²) in [6, 6.07) is 4.32. The van der Waals surface area contributed by atoms with Gasteiger partial charge in [0, 0.05) is 13.1 Å². The van der Waals surface area contributed by atoms with Gasteiger partial charge in [-0.3, -0.25) is 4.79 Å². The molecule has 0 aliphatic rings. The second-order valence-corrected chi connectivity index (χ2v) is 5.16. The van der Waals surface area contributed by atoms with Gasteiger partial charge in [0.1, 0.15) is 5.82 Å². The molecule has 1 rings (SSSR count). The number of ether oxygens (including phenoxy) is 1. The summed E-state index contributed by atoms with van der Waals surface area (Å²) in [7, 11) is 3.18. The van der Waals surface area contributed by atoms with Crippen LogP contribution in [0.15, 0.2) is 18.2 Å². The molecule has 0 spiro atoms. The molecule has 112 valence electrons. The average molecular weight is 283 g/mol. The van der Waals surface area contributed by atoms with E-state index < -0.39 is 6.10 Å². The summed E-state index contributed by atoms with van der Waals surface area (Å²) in [5.74, 6) is -0.845. The summed E-state index contributed by atoms with van der Waals surface area (Å²) >= 11 is 0. The highest BCUT2D eigenvalue weighted by atomic mass is 19.1. The van der Waals surface area contributed by atoms with Crippen LogP contribution in [-0.2, 0) is 9.53 Å². The molecule has 2 unspecified atom stereocenters. The third-order valence-electron chi connectivity index (χ3n) is 3.26. The molecule has 0 heterocycles. The van der Waals surface area contributed by atoms with Crippen LogP contribution in [0, 0.1) is 18.7 Å². The molecule has 0 aliphatic heterocycles. The number of aryl methyl sites for hydroxylation is 1. The van der Waals surface area contributed by atoms with Crippen LogP contribution in [0.3, 0.4) is 0 Å². The first-order valence-corrected chi connectivity index (χ1v) is 6.55. The highest BCUT2D eigenvalue weighted by Gasteiger charge is 2.18. The Kier molecular flexibility index (Phi) is 6.10. The summed E-state index contributed by atoms with van der Waals surface area (Å²) < 4.78 is 17.7. The van der Waals surface area contributed by atoms with Gasteiger partial charge >= 0.3 is 5.97 Å². The number of aliphatic hydroxyl groups is 1. The molecule has 1 N–H and O–H groups in total. The highest BCUT2D eigenvalue weighted by molar-refractivity contribution is 5.72. The fourth-order valence-electron chi connectivity index (χ4n) is 2.22. The van der Waals surface area contributed by atoms with Crippen molar-refractivity contribution in [2.45, 2.75) is 20.0 Å². The van der Waals surface area contributed by atoms with E-state index in [1.54, 1.807) is 19.9 Å². The van der Waals surface area contributed by atoms with Crippen LogP contribution < -0.4 is 0 Å². The first-order valence-electron chi connectivity index (χ1n) is 6.55. The van der Waals surface area contributed by atoms with E-state index in [0.29, 0.717) is 24.2 Å². The number of methoxy groups -OCH3 is 1. The maximum atomic E-state index is 13.0. The van der Waals surface area contributed by atoms with Crippen LogP contribution in [-0.4, -0.2) is 43.2 Å². The smallest absolute Gasteiger partial charge is 0.309 e. The van der Waals surface area contributed by atoms with Crippen molar-refractivity contribution in [3.63, 3.8) is 0 Å². The predicted octanol–water partition coefficient (Wildman–Crippen LogP) is 1.91. The number of carbonyl (C=O) groups excluding carboxylic acids is 1. The number of nitrogens with zero attached hydrogens (tertiary/aromatic N) is 1. The van der Waals surface area contributed by atoms with Crippen LogP contribution >= 0.6 is 0 Å². The van der Waals surface area contributed by atoms with Gasteiger partial charge < -0.3 is 14.7 Å². The first-order chi connectivity index (χ1) is 9.35. The van der Waals surface area contributed by atoms with Gasteiger partial charge in [0.15, 0.2) is 0 Å². The van der Waals surface area contributed by atoms with Crippen molar-refractivity contribution in [3.8, 4) is 0 Å². The highest BCUT2D eigenvalue weighted by Crippen LogP contribution is 2.19. The van der Waals surface area contributed by atoms with Crippen molar-refractivity contribution >= 4 is 5.97 Å². The predicted molar refractivity (Wildman–Crippen MR) is 74.8 cm³/mol. The number of hydrogen-bond acceptors (Lipinski definition) is 4. The standard InChI is InChI=1S/C15H22FNO3/c1-10-7-12(16)5-6-13(10)14(18)9-17(3)8-11(2)15(19)20-4/h5-7,11,14,18H,8-9H2,1-4H3. The Morgan fingerprint density at radius 2 is 2.10 bits per heavy atom. The molecular formula is C15H22FNO3. The molecule has 0 fully saturated rings. The molecule has 0 bridgehead atoms. The Morgan fingerprint density at radius 1 is 1.45 bits per heavy atom. The van der Waals surface area contributed by atoms with Gasteiger partial charge in [0.25, 0.3) is 0 Å².